The Kier molecular flexibility index (Phi) is 9.99. The Morgan fingerprint density at radius 1 is 0.789 bits per heavy atom. The normalized spacial score (nSPS) is 10.2. The summed E-state index contributed by atoms with van der Waals surface area (Å²) in [5.41, 5.74) is 1.71. The van der Waals surface area contributed by atoms with Gasteiger partial charge in [-0.1, -0.05) is 60.7 Å². The van der Waals surface area contributed by atoms with Gasteiger partial charge >= 0.3 is 21.0 Å². The first-order valence-corrected chi connectivity index (χ1v) is 11.7. The van der Waals surface area contributed by atoms with Crippen molar-refractivity contribution >= 4 is 22.9 Å². The van der Waals surface area contributed by atoms with Crippen LogP contribution < -0.4 is 10.2 Å². The fraction of sp³-hybridized carbons (Fsp3) is 0.0345. The fourth-order valence-electron chi connectivity index (χ4n) is 3.44. The van der Waals surface area contributed by atoms with E-state index in [1.807, 2.05) is 18.2 Å². The first kappa shape index (κ1) is 27.9. The molecule has 0 spiro atoms. The number of phenols is 2. The standard InChI is InChI=1S/C15H10O3.C14H13NO3.O.V/c16-13-11-8-4-5-9-12(11)18-15(14(13)17)10-6-2-1-3-7-10;1-18-13-8-4-5-10(14(13)17)9-15-11-6-2-3-7-12(11)16;;/h1-9,17H;2-9,16-17H,1H3;;. The molecular weight excluding hydrogens is 525 g/mol. The van der Waals surface area contributed by atoms with E-state index in [0.29, 0.717) is 33.5 Å². The number of fused-ring (bicyclic) bond motifs is 1. The van der Waals surface area contributed by atoms with Gasteiger partial charge in [0.2, 0.25) is 11.2 Å². The zero-order valence-corrected chi connectivity index (χ0v) is 21.6. The van der Waals surface area contributed by atoms with E-state index in [-0.39, 0.29) is 23.0 Å². The molecule has 8 nitrogen and oxygen atoms in total. The van der Waals surface area contributed by atoms with Crippen molar-refractivity contribution in [2.45, 2.75) is 0 Å². The van der Waals surface area contributed by atoms with E-state index in [9.17, 15) is 20.1 Å². The number of para-hydroxylation sites is 4. The molecule has 0 aliphatic heterocycles. The Hall–Kier alpha value is -4.66. The third-order valence-corrected chi connectivity index (χ3v) is 5.28. The molecule has 5 rings (SSSR count). The minimum absolute atomic E-state index is 0.0270. The molecule has 191 valence electrons. The van der Waals surface area contributed by atoms with Crippen molar-refractivity contribution in [1.29, 1.82) is 0 Å². The van der Waals surface area contributed by atoms with Gasteiger partial charge in [0, 0.05) is 17.3 Å². The first-order valence-electron chi connectivity index (χ1n) is 11.2. The molecule has 0 radical (unpaired) electrons. The summed E-state index contributed by atoms with van der Waals surface area (Å²) in [7, 11) is 1.49. The number of rotatable bonds is 4. The van der Waals surface area contributed by atoms with Crippen LogP contribution in [0.3, 0.4) is 0 Å². The summed E-state index contributed by atoms with van der Waals surface area (Å²) in [5.74, 6) is 0.366. The van der Waals surface area contributed by atoms with Gasteiger partial charge in [0.25, 0.3) is 0 Å². The molecule has 0 atom stereocenters. The summed E-state index contributed by atoms with van der Waals surface area (Å²) in [6, 6.07) is 27.8. The fourth-order valence-corrected chi connectivity index (χ4v) is 3.44. The number of benzene rings is 4. The van der Waals surface area contributed by atoms with E-state index >= 15 is 0 Å². The molecule has 4 aromatic carbocycles. The van der Waals surface area contributed by atoms with Gasteiger partial charge in [-0.2, -0.15) is 0 Å². The van der Waals surface area contributed by atoms with Gasteiger partial charge in [-0.15, -0.1) is 0 Å². The molecule has 0 fully saturated rings. The Morgan fingerprint density at radius 3 is 2.16 bits per heavy atom. The van der Waals surface area contributed by atoms with Crippen molar-refractivity contribution < 1.29 is 45.5 Å². The van der Waals surface area contributed by atoms with Crippen LogP contribution in [0.5, 0.6) is 23.0 Å². The average Bonchev–Trinajstić information content (AvgIpc) is 2.97. The molecule has 0 unspecified atom stereocenters. The molecule has 0 aliphatic rings. The van der Waals surface area contributed by atoms with E-state index in [0.717, 1.165) is 17.4 Å². The molecule has 0 aliphatic carbocycles. The SMILES string of the molecule is COc1cccc(C=Nc2ccccc2O)c1O.O=c1c(O)c(-c2ccccc2)oc2ccccc12.[O]=[V]. The van der Waals surface area contributed by atoms with Gasteiger partial charge in [0.15, 0.2) is 17.3 Å². The van der Waals surface area contributed by atoms with Crippen LogP contribution in [0.4, 0.5) is 5.69 Å². The third kappa shape index (κ3) is 6.56. The molecule has 1 aromatic heterocycles. The van der Waals surface area contributed by atoms with Crippen molar-refractivity contribution in [1.82, 2.24) is 0 Å². The number of methoxy groups -OCH3 is 1. The Balaban J connectivity index is 0.000000198. The molecule has 1 heterocycles. The Labute approximate surface area is 227 Å². The molecule has 0 bridgehead atoms. The van der Waals surface area contributed by atoms with Gasteiger partial charge in [-0.05, 0) is 36.4 Å². The van der Waals surface area contributed by atoms with E-state index in [1.54, 1.807) is 78.9 Å². The second-order valence-electron chi connectivity index (χ2n) is 7.62. The molecule has 9 heteroatoms. The van der Waals surface area contributed by atoms with Gasteiger partial charge in [-0.3, -0.25) is 9.79 Å². The van der Waals surface area contributed by atoms with E-state index in [1.165, 1.54) is 13.3 Å². The van der Waals surface area contributed by atoms with Crippen LogP contribution >= 0.6 is 0 Å². The summed E-state index contributed by atoms with van der Waals surface area (Å²) in [6.45, 7) is 0. The molecule has 3 N–H and O–H groups in total. The Bertz CT molecular complexity index is 1600. The predicted molar refractivity (Wildman–Crippen MR) is 140 cm³/mol. The molecule has 5 aromatic rings. The number of aliphatic imine (C=N–C) groups is 1. The summed E-state index contributed by atoms with van der Waals surface area (Å²) < 4.78 is 18.8. The van der Waals surface area contributed by atoms with Crippen molar-refractivity contribution in [3.05, 3.63) is 113 Å². The van der Waals surface area contributed by atoms with Crippen molar-refractivity contribution in [3.8, 4) is 34.3 Å². The number of hydrogen-bond donors (Lipinski definition) is 3. The molecular formula is C29H23NO7V. The van der Waals surface area contributed by atoms with Crippen LogP contribution in [0.2, 0.25) is 0 Å². The zero-order chi connectivity index (χ0) is 27.5. The van der Waals surface area contributed by atoms with Gasteiger partial charge in [0.1, 0.15) is 17.0 Å². The van der Waals surface area contributed by atoms with Crippen molar-refractivity contribution in [2.24, 2.45) is 4.99 Å². The van der Waals surface area contributed by atoms with E-state index in [4.69, 9.17) is 12.8 Å². The van der Waals surface area contributed by atoms with Crippen LogP contribution in [0, 0.1) is 0 Å². The predicted octanol–water partition coefficient (Wildman–Crippen LogP) is 5.90. The quantitative estimate of drug-likeness (QED) is 0.239. The summed E-state index contributed by atoms with van der Waals surface area (Å²) >= 11 is 1.06. The van der Waals surface area contributed by atoms with Gasteiger partial charge in [-0.25, -0.2) is 0 Å². The summed E-state index contributed by atoms with van der Waals surface area (Å²) in [6.07, 6.45) is 1.48. The first-order chi connectivity index (χ1) is 18.5. The minimum atomic E-state index is -0.407. The molecule has 38 heavy (non-hydrogen) atoms. The van der Waals surface area contributed by atoms with Crippen LogP contribution in [-0.2, 0) is 21.0 Å². The second-order valence-corrected chi connectivity index (χ2v) is 7.62. The van der Waals surface area contributed by atoms with Crippen LogP contribution in [0.25, 0.3) is 22.3 Å². The Morgan fingerprint density at radius 2 is 1.45 bits per heavy atom. The molecule has 0 saturated heterocycles. The number of aromatic hydroxyl groups is 3. The molecule has 0 amide bonds. The van der Waals surface area contributed by atoms with Gasteiger partial charge < -0.3 is 24.5 Å². The maximum absolute atomic E-state index is 12.0. The average molecular weight is 548 g/mol. The van der Waals surface area contributed by atoms with Gasteiger partial charge in [0.05, 0.1) is 12.5 Å². The van der Waals surface area contributed by atoms with Crippen LogP contribution in [0.1, 0.15) is 5.56 Å². The monoisotopic (exact) mass is 548 g/mol. The van der Waals surface area contributed by atoms with Crippen LogP contribution in [0.15, 0.2) is 111 Å². The third-order valence-electron chi connectivity index (χ3n) is 5.28. The topological polar surface area (TPSA) is 130 Å². The summed E-state index contributed by atoms with van der Waals surface area (Å²) in [4.78, 5) is 16.1. The van der Waals surface area contributed by atoms with Crippen molar-refractivity contribution in [2.75, 3.05) is 7.11 Å². The van der Waals surface area contributed by atoms with E-state index < -0.39 is 5.43 Å². The maximum atomic E-state index is 12.0. The second kappa shape index (κ2) is 13.6. The molecule has 0 saturated carbocycles. The number of hydrogen-bond acceptors (Lipinski definition) is 8. The number of ether oxygens (including phenoxy) is 1. The van der Waals surface area contributed by atoms with E-state index in [2.05, 4.69) is 4.99 Å². The zero-order valence-electron chi connectivity index (χ0n) is 20.2. The van der Waals surface area contributed by atoms with Crippen LogP contribution in [-0.4, -0.2) is 28.6 Å². The van der Waals surface area contributed by atoms with Crippen molar-refractivity contribution in [3.63, 3.8) is 0 Å². The summed E-state index contributed by atoms with van der Waals surface area (Å²) in [5, 5.41) is 29.7. The number of nitrogens with zero attached hydrogens (tertiary/aromatic N) is 1. The number of phenolic OH excluding ortho intramolecular Hbond substituents is 2.